The average Bonchev–Trinajstić information content (AvgIpc) is 3.11. The Kier molecular flexibility index (Phi) is 5.10. The first-order valence-corrected chi connectivity index (χ1v) is 7.52. The highest BCUT2D eigenvalue weighted by Gasteiger charge is 2.27. The Morgan fingerprint density at radius 3 is 2.78 bits per heavy atom. The first-order chi connectivity index (χ1) is 10.8. The summed E-state index contributed by atoms with van der Waals surface area (Å²) in [6.07, 6.45) is 2.11. The van der Waals surface area contributed by atoms with Crippen molar-refractivity contribution in [2.45, 2.75) is 45.8 Å². The third-order valence-electron chi connectivity index (χ3n) is 3.71. The van der Waals surface area contributed by atoms with Gasteiger partial charge < -0.3 is 24.7 Å². The summed E-state index contributed by atoms with van der Waals surface area (Å²) in [5.74, 6) is 1.17. The van der Waals surface area contributed by atoms with Crippen LogP contribution in [-0.2, 0) is 12.0 Å². The average molecular weight is 321 g/mol. The Labute approximate surface area is 135 Å². The molecule has 2 unspecified atom stereocenters. The molecule has 2 heterocycles. The van der Waals surface area contributed by atoms with E-state index in [0.29, 0.717) is 12.2 Å². The quantitative estimate of drug-likeness (QED) is 0.756. The Morgan fingerprint density at radius 2 is 2.22 bits per heavy atom. The molecule has 7 nitrogen and oxygen atoms in total. The molecule has 0 aliphatic rings. The van der Waals surface area contributed by atoms with Gasteiger partial charge in [0.05, 0.1) is 18.5 Å². The maximum atomic E-state index is 12.0. The summed E-state index contributed by atoms with van der Waals surface area (Å²) in [5.41, 5.74) is 0.573. The first-order valence-electron chi connectivity index (χ1n) is 7.52. The van der Waals surface area contributed by atoms with E-state index in [1.165, 1.54) is 6.26 Å². The van der Waals surface area contributed by atoms with Crippen molar-refractivity contribution in [3.8, 4) is 0 Å². The molecule has 0 aliphatic heterocycles. The van der Waals surface area contributed by atoms with E-state index in [1.54, 1.807) is 19.1 Å². The van der Waals surface area contributed by atoms with Crippen molar-refractivity contribution in [1.82, 2.24) is 15.8 Å². The highest BCUT2D eigenvalue weighted by molar-refractivity contribution is 5.74. The standard InChI is InChI=1S/C16H23N3O4/c1-10(8-13-11(2)19-23-12(13)3)18-15(20)17-9-16(4,21)14-6-5-7-22-14/h5-7,10,21H,8-9H2,1-4H3,(H2,17,18,20). The smallest absolute Gasteiger partial charge is 0.315 e. The molecule has 0 fully saturated rings. The van der Waals surface area contributed by atoms with Gasteiger partial charge in [-0.15, -0.1) is 0 Å². The minimum Gasteiger partial charge on any atom is -0.466 e. The van der Waals surface area contributed by atoms with Crippen LogP contribution in [0, 0.1) is 13.8 Å². The van der Waals surface area contributed by atoms with Gasteiger partial charge in [0.1, 0.15) is 17.1 Å². The van der Waals surface area contributed by atoms with Gasteiger partial charge >= 0.3 is 6.03 Å². The molecule has 2 atom stereocenters. The zero-order valence-corrected chi connectivity index (χ0v) is 13.8. The first kappa shape index (κ1) is 17.1. The number of carbonyl (C=O) groups excluding carboxylic acids is 1. The van der Waals surface area contributed by atoms with Gasteiger partial charge in [-0.1, -0.05) is 5.16 Å². The number of nitrogens with one attached hydrogen (secondary N) is 2. The largest absolute Gasteiger partial charge is 0.466 e. The molecule has 3 N–H and O–H groups in total. The van der Waals surface area contributed by atoms with E-state index in [9.17, 15) is 9.90 Å². The van der Waals surface area contributed by atoms with Gasteiger partial charge in [0.2, 0.25) is 0 Å². The van der Waals surface area contributed by atoms with Crippen LogP contribution >= 0.6 is 0 Å². The highest BCUT2D eigenvalue weighted by Crippen LogP contribution is 2.19. The molecule has 0 bridgehead atoms. The molecule has 0 radical (unpaired) electrons. The molecule has 2 aromatic heterocycles. The summed E-state index contributed by atoms with van der Waals surface area (Å²) in [5, 5.41) is 19.7. The Hall–Kier alpha value is -2.28. The molecule has 126 valence electrons. The molecule has 2 aromatic rings. The van der Waals surface area contributed by atoms with Gasteiger partial charge in [-0.2, -0.15) is 0 Å². The van der Waals surface area contributed by atoms with Crippen molar-refractivity contribution < 1.29 is 18.8 Å². The van der Waals surface area contributed by atoms with Gasteiger partial charge in [0.15, 0.2) is 0 Å². The van der Waals surface area contributed by atoms with E-state index in [4.69, 9.17) is 8.94 Å². The predicted octanol–water partition coefficient (Wildman–Crippen LogP) is 2.02. The van der Waals surface area contributed by atoms with Crippen molar-refractivity contribution in [2.75, 3.05) is 6.54 Å². The number of aliphatic hydroxyl groups is 1. The molecular weight excluding hydrogens is 298 g/mol. The molecule has 7 heteroatoms. The zero-order chi connectivity index (χ0) is 17.0. The lowest BCUT2D eigenvalue weighted by Crippen LogP contribution is -2.46. The lowest BCUT2D eigenvalue weighted by molar-refractivity contribution is 0.0366. The minimum atomic E-state index is -1.26. The second-order valence-corrected chi connectivity index (χ2v) is 5.99. The molecule has 0 saturated carbocycles. The summed E-state index contributed by atoms with van der Waals surface area (Å²) in [7, 11) is 0. The highest BCUT2D eigenvalue weighted by atomic mass is 16.5. The normalized spacial score (nSPS) is 15.0. The maximum absolute atomic E-state index is 12.0. The van der Waals surface area contributed by atoms with Crippen LogP contribution in [0.4, 0.5) is 4.79 Å². The van der Waals surface area contributed by atoms with Crippen LogP contribution in [0.3, 0.4) is 0 Å². The molecular formula is C16H23N3O4. The summed E-state index contributed by atoms with van der Waals surface area (Å²) in [4.78, 5) is 12.0. The van der Waals surface area contributed by atoms with Crippen molar-refractivity contribution in [3.05, 3.63) is 41.2 Å². The third-order valence-corrected chi connectivity index (χ3v) is 3.71. The van der Waals surface area contributed by atoms with Crippen LogP contribution in [0.15, 0.2) is 27.3 Å². The van der Waals surface area contributed by atoms with Crippen molar-refractivity contribution in [2.24, 2.45) is 0 Å². The number of urea groups is 1. The fraction of sp³-hybridized carbons (Fsp3) is 0.500. The zero-order valence-electron chi connectivity index (χ0n) is 13.8. The number of nitrogens with zero attached hydrogens (tertiary/aromatic N) is 1. The van der Waals surface area contributed by atoms with Crippen LogP contribution in [-0.4, -0.2) is 28.9 Å². The van der Waals surface area contributed by atoms with Crippen LogP contribution in [0.1, 0.15) is 36.6 Å². The fourth-order valence-corrected chi connectivity index (χ4v) is 2.35. The number of furan rings is 1. The molecule has 23 heavy (non-hydrogen) atoms. The van der Waals surface area contributed by atoms with E-state index < -0.39 is 5.60 Å². The Bertz CT molecular complexity index is 627. The van der Waals surface area contributed by atoms with E-state index in [-0.39, 0.29) is 18.6 Å². The van der Waals surface area contributed by atoms with Crippen LogP contribution in [0.2, 0.25) is 0 Å². The van der Waals surface area contributed by atoms with Crippen molar-refractivity contribution in [3.63, 3.8) is 0 Å². The number of hydrogen-bond donors (Lipinski definition) is 3. The maximum Gasteiger partial charge on any atom is 0.315 e. The molecule has 0 aromatic carbocycles. The van der Waals surface area contributed by atoms with E-state index in [1.807, 2.05) is 20.8 Å². The predicted molar refractivity (Wildman–Crippen MR) is 84.0 cm³/mol. The summed E-state index contributed by atoms with van der Waals surface area (Å²) >= 11 is 0. The van der Waals surface area contributed by atoms with Gasteiger partial charge in [-0.05, 0) is 46.2 Å². The molecule has 0 saturated heterocycles. The summed E-state index contributed by atoms with van der Waals surface area (Å²) in [6.45, 7) is 7.25. The lowest BCUT2D eigenvalue weighted by Gasteiger charge is -2.22. The Morgan fingerprint density at radius 1 is 1.48 bits per heavy atom. The second kappa shape index (κ2) is 6.87. The van der Waals surface area contributed by atoms with Gasteiger partial charge in [-0.25, -0.2) is 4.79 Å². The number of aromatic nitrogens is 1. The monoisotopic (exact) mass is 321 g/mol. The lowest BCUT2D eigenvalue weighted by atomic mass is 10.0. The third kappa shape index (κ3) is 4.35. The molecule has 2 amide bonds. The van der Waals surface area contributed by atoms with Crippen molar-refractivity contribution >= 4 is 6.03 Å². The van der Waals surface area contributed by atoms with E-state index in [0.717, 1.165) is 17.0 Å². The molecule has 0 spiro atoms. The Balaban J connectivity index is 1.83. The second-order valence-electron chi connectivity index (χ2n) is 5.99. The van der Waals surface area contributed by atoms with Gasteiger partial charge in [-0.3, -0.25) is 0 Å². The number of amides is 2. The van der Waals surface area contributed by atoms with Crippen LogP contribution in [0.25, 0.3) is 0 Å². The van der Waals surface area contributed by atoms with E-state index in [2.05, 4.69) is 15.8 Å². The number of carbonyl (C=O) groups is 1. The van der Waals surface area contributed by atoms with Gasteiger partial charge in [0.25, 0.3) is 0 Å². The van der Waals surface area contributed by atoms with Gasteiger partial charge in [0, 0.05) is 11.6 Å². The summed E-state index contributed by atoms with van der Waals surface area (Å²) < 4.78 is 10.3. The van der Waals surface area contributed by atoms with Crippen LogP contribution in [0.5, 0.6) is 0 Å². The fourth-order valence-electron chi connectivity index (χ4n) is 2.35. The number of hydrogen-bond acceptors (Lipinski definition) is 5. The summed E-state index contributed by atoms with van der Waals surface area (Å²) in [6, 6.07) is 2.91. The van der Waals surface area contributed by atoms with Crippen LogP contribution < -0.4 is 10.6 Å². The van der Waals surface area contributed by atoms with E-state index >= 15 is 0 Å². The topological polar surface area (TPSA) is 101 Å². The van der Waals surface area contributed by atoms with Crippen molar-refractivity contribution in [1.29, 1.82) is 0 Å². The minimum absolute atomic E-state index is 0.0460. The SMILES string of the molecule is Cc1noc(C)c1CC(C)NC(=O)NCC(C)(O)c1ccco1. The number of aryl methyl sites for hydroxylation is 2. The molecule has 0 aliphatic carbocycles. The number of rotatable bonds is 6. The molecule has 2 rings (SSSR count).